The molecule has 0 aliphatic heterocycles. The van der Waals surface area contributed by atoms with E-state index in [2.05, 4.69) is 6.58 Å². The molecule has 1 atom stereocenters. The van der Waals surface area contributed by atoms with Gasteiger partial charge in [0.15, 0.2) is 11.6 Å². The molecule has 0 aromatic heterocycles. The first-order chi connectivity index (χ1) is 6.57. The minimum atomic E-state index is -0.719. The van der Waals surface area contributed by atoms with E-state index in [-0.39, 0.29) is 10.6 Å². The molecule has 4 heteroatoms. The molecule has 0 amide bonds. The van der Waals surface area contributed by atoms with Crippen LogP contribution < -0.4 is 5.73 Å². The van der Waals surface area contributed by atoms with E-state index in [1.165, 1.54) is 6.07 Å². The summed E-state index contributed by atoms with van der Waals surface area (Å²) in [5.41, 5.74) is 5.92. The first kappa shape index (κ1) is 11.0. The number of hydrogen-bond acceptors (Lipinski definition) is 2. The van der Waals surface area contributed by atoms with Crippen molar-refractivity contribution in [3.8, 4) is 5.75 Å². The molecule has 0 saturated carbocycles. The number of halogens is 2. The van der Waals surface area contributed by atoms with Crippen LogP contribution in [0.3, 0.4) is 0 Å². The molecule has 1 aromatic carbocycles. The Labute approximate surface area is 86.8 Å². The van der Waals surface area contributed by atoms with Crippen LogP contribution in [0.2, 0.25) is 5.02 Å². The molecule has 0 heterocycles. The molecule has 0 aliphatic carbocycles. The zero-order valence-corrected chi connectivity index (χ0v) is 8.26. The average molecular weight is 216 g/mol. The van der Waals surface area contributed by atoms with E-state index in [0.717, 1.165) is 6.07 Å². The van der Waals surface area contributed by atoms with Gasteiger partial charge in [0.25, 0.3) is 0 Å². The molecule has 0 spiro atoms. The molecular formula is C10H11ClFNO. The molecule has 1 aromatic rings. The topological polar surface area (TPSA) is 46.2 Å². The minimum Gasteiger partial charge on any atom is -0.505 e. The van der Waals surface area contributed by atoms with Crippen molar-refractivity contribution in [1.29, 1.82) is 0 Å². The highest BCUT2D eigenvalue weighted by Crippen LogP contribution is 2.33. The van der Waals surface area contributed by atoms with Gasteiger partial charge in [-0.15, -0.1) is 6.58 Å². The third-order valence-electron chi connectivity index (χ3n) is 1.91. The van der Waals surface area contributed by atoms with Crippen molar-refractivity contribution >= 4 is 11.6 Å². The third-order valence-corrected chi connectivity index (χ3v) is 2.24. The molecule has 0 bridgehead atoms. The summed E-state index contributed by atoms with van der Waals surface area (Å²) in [6.45, 7) is 3.51. The Hall–Kier alpha value is -1.06. The summed E-state index contributed by atoms with van der Waals surface area (Å²) in [6.07, 6.45) is 2.02. The summed E-state index contributed by atoms with van der Waals surface area (Å²) in [6, 6.07) is 1.94. The zero-order chi connectivity index (χ0) is 10.7. The summed E-state index contributed by atoms with van der Waals surface area (Å²) >= 11 is 5.79. The van der Waals surface area contributed by atoms with Crippen LogP contribution in [0.4, 0.5) is 4.39 Å². The van der Waals surface area contributed by atoms with E-state index in [4.69, 9.17) is 17.3 Å². The predicted molar refractivity (Wildman–Crippen MR) is 54.8 cm³/mol. The van der Waals surface area contributed by atoms with Crippen molar-refractivity contribution in [2.45, 2.75) is 12.5 Å². The van der Waals surface area contributed by atoms with E-state index in [9.17, 15) is 9.50 Å². The number of phenolic OH excluding ortho intramolecular Hbond substituents is 1. The largest absolute Gasteiger partial charge is 0.505 e. The van der Waals surface area contributed by atoms with Gasteiger partial charge in [-0.2, -0.15) is 0 Å². The standard InChI is InChI=1S/C10H11ClFNO/c1-2-3-8(13)9-6(11)4-5-7(12)10(9)14/h2,4-5,8,14H,1,3,13H2/t8-/m1/s1. The molecule has 1 rings (SSSR count). The molecule has 76 valence electrons. The van der Waals surface area contributed by atoms with Crippen molar-refractivity contribution in [2.75, 3.05) is 0 Å². The maximum Gasteiger partial charge on any atom is 0.165 e. The number of aromatic hydroxyl groups is 1. The van der Waals surface area contributed by atoms with Crippen LogP contribution in [-0.2, 0) is 0 Å². The molecule has 14 heavy (non-hydrogen) atoms. The fourth-order valence-corrected chi connectivity index (χ4v) is 1.50. The molecule has 0 fully saturated rings. The Morgan fingerprint density at radius 1 is 1.64 bits per heavy atom. The molecule has 3 N–H and O–H groups in total. The fraction of sp³-hybridized carbons (Fsp3) is 0.200. The molecule has 0 unspecified atom stereocenters. The van der Waals surface area contributed by atoms with Crippen molar-refractivity contribution in [3.63, 3.8) is 0 Å². The number of rotatable bonds is 3. The molecule has 0 saturated heterocycles. The van der Waals surface area contributed by atoms with E-state index in [0.29, 0.717) is 6.42 Å². The number of phenols is 1. The minimum absolute atomic E-state index is 0.228. The van der Waals surface area contributed by atoms with Gasteiger partial charge in [-0.3, -0.25) is 0 Å². The van der Waals surface area contributed by atoms with Gasteiger partial charge in [0.1, 0.15) is 0 Å². The first-order valence-electron chi connectivity index (χ1n) is 4.11. The first-order valence-corrected chi connectivity index (χ1v) is 4.49. The smallest absolute Gasteiger partial charge is 0.165 e. The van der Waals surface area contributed by atoms with Crippen LogP contribution >= 0.6 is 11.6 Å². The van der Waals surface area contributed by atoms with Crippen molar-refractivity contribution < 1.29 is 9.50 Å². The Morgan fingerprint density at radius 2 is 2.29 bits per heavy atom. The van der Waals surface area contributed by atoms with E-state index in [1.54, 1.807) is 6.08 Å². The highest BCUT2D eigenvalue weighted by molar-refractivity contribution is 6.31. The van der Waals surface area contributed by atoms with Gasteiger partial charge in [-0.05, 0) is 18.6 Å². The van der Waals surface area contributed by atoms with Crippen LogP contribution in [0.1, 0.15) is 18.0 Å². The van der Waals surface area contributed by atoms with Gasteiger partial charge in [0.05, 0.1) is 0 Å². The summed E-state index contributed by atoms with van der Waals surface area (Å²) < 4.78 is 13.0. The normalized spacial score (nSPS) is 12.5. The van der Waals surface area contributed by atoms with Crippen LogP contribution in [0.5, 0.6) is 5.75 Å². The molecule has 2 nitrogen and oxygen atoms in total. The van der Waals surface area contributed by atoms with Gasteiger partial charge in [-0.25, -0.2) is 4.39 Å². The average Bonchev–Trinajstić information content (AvgIpc) is 2.13. The third kappa shape index (κ3) is 2.05. The van der Waals surface area contributed by atoms with Gasteiger partial charge in [-0.1, -0.05) is 17.7 Å². The Bertz CT molecular complexity index is 354. The second kappa shape index (κ2) is 4.44. The Balaban J connectivity index is 3.17. The van der Waals surface area contributed by atoms with E-state index >= 15 is 0 Å². The summed E-state index contributed by atoms with van der Waals surface area (Å²) in [5.74, 6) is -1.20. The SMILES string of the molecule is C=CC[C@@H](N)c1c(Cl)ccc(F)c1O. The van der Waals surface area contributed by atoms with E-state index in [1.807, 2.05) is 0 Å². The predicted octanol–water partition coefficient (Wildman–Crippen LogP) is 2.76. The van der Waals surface area contributed by atoms with Gasteiger partial charge in [0, 0.05) is 16.6 Å². The second-order valence-corrected chi connectivity index (χ2v) is 3.33. The van der Waals surface area contributed by atoms with Crippen molar-refractivity contribution in [2.24, 2.45) is 5.73 Å². The van der Waals surface area contributed by atoms with Crippen molar-refractivity contribution in [1.82, 2.24) is 0 Å². The van der Waals surface area contributed by atoms with Gasteiger partial charge in [0.2, 0.25) is 0 Å². The second-order valence-electron chi connectivity index (χ2n) is 2.92. The van der Waals surface area contributed by atoms with Crippen LogP contribution in [0.15, 0.2) is 24.8 Å². The molecule has 0 radical (unpaired) electrons. The summed E-state index contributed by atoms with van der Waals surface area (Å²) in [7, 11) is 0. The van der Waals surface area contributed by atoms with E-state index < -0.39 is 17.6 Å². The highest BCUT2D eigenvalue weighted by Gasteiger charge is 2.16. The number of benzene rings is 1. The maximum absolute atomic E-state index is 13.0. The summed E-state index contributed by atoms with van der Waals surface area (Å²) in [5, 5.41) is 9.66. The quantitative estimate of drug-likeness (QED) is 0.762. The molecular weight excluding hydrogens is 205 g/mol. The van der Waals surface area contributed by atoms with Crippen LogP contribution in [-0.4, -0.2) is 5.11 Å². The maximum atomic E-state index is 13.0. The Kier molecular flexibility index (Phi) is 3.49. The lowest BCUT2D eigenvalue weighted by Gasteiger charge is -2.13. The van der Waals surface area contributed by atoms with Crippen LogP contribution in [0, 0.1) is 5.82 Å². The van der Waals surface area contributed by atoms with Crippen LogP contribution in [0.25, 0.3) is 0 Å². The fourth-order valence-electron chi connectivity index (χ4n) is 1.21. The van der Waals surface area contributed by atoms with Crippen molar-refractivity contribution in [3.05, 3.63) is 41.2 Å². The Morgan fingerprint density at radius 3 is 2.86 bits per heavy atom. The number of nitrogens with two attached hydrogens (primary N) is 1. The number of hydrogen-bond donors (Lipinski definition) is 2. The molecule has 0 aliphatic rings. The summed E-state index contributed by atoms with van der Waals surface area (Å²) in [4.78, 5) is 0. The highest BCUT2D eigenvalue weighted by atomic mass is 35.5. The zero-order valence-electron chi connectivity index (χ0n) is 7.50. The lowest BCUT2D eigenvalue weighted by Crippen LogP contribution is -2.10. The monoisotopic (exact) mass is 215 g/mol. The van der Waals surface area contributed by atoms with Gasteiger partial charge < -0.3 is 10.8 Å². The lowest BCUT2D eigenvalue weighted by molar-refractivity contribution is 0.421. The van der Waals surface area contributed by atoms with Gasteiger partial charge >= 0.3 is 0 Å². The lowest BCUT2D eigenvalue weighted by atomic mass is 10.0.